The van der Waals surface area contributed by atoms with E-state index in [4.69, 9.17) is 19.3 Å². The van der Waals surface area contributed by atoms with E-state index in [1.54, 1.807) is 12.1 Å². The third-order valence-corrected chi connectivity index (χ3v) is 9.93. The van der Waals surface area contributed by atoms with Gasteiger partial charge in [0.25, 0.3) is 0 Å². The standard InChI is InChI=1S/C31H31FO7S/c1-18-22(3-2-4-27(18)38-20-11-13-40(35,36)14-12-20)24-7-9-26(32)31-25(24)8-10-28(31)39-21-5-6-23-19(15-30(33)34)17-37-29(23)16-21/h2-7,9,16,19-20,28H,8,10-15,17H2,1H3,(H,33,34)/t19-,28-/m1/s1. The number of hydrogen-bond donors (Lipinski definition) is 1. The molecule has 1 fully saturated rings. The number of fused-ring (bicyclic) bond motifs is 2. The van der Waals surface area contributed by atoms with Gasteiger partial charge in [0.1, 0.15) is 35.3 Å². The summed E-state index contributed by atoms with van der Waals surface area (Å²) in [4.78, 5) is 11.1. The summed E-state index contributed by atoms with van der Waals surface area (Å²) in [6.07, 6.45) is 1.62. The number of hydrogen-bond acceptors (Lipinski definition) is 6. The van der Waals surface area contributed by atoms with Gasteiger partial charge < -0.3 is 19.3 Å². The van der Waals surface area contributed by atoms with E-state index in [2.05, 4.69) is 0 Å². The molecule has 1 N–H and O–H groups in total. The van der Waals surface area contributed by atoms with Gasteiger partial charge in [0.2, 0.25) is 0 Å². The summed E-state index contributed by atoms with van der Waals surface area (Å²) in [5, 5.41) is 9.15. The van der Waals surface area contributed by atoms with Crippen LogP contribution in [0.15, 0.2) is 48.5 Å². The lowest BCUT2D eigenvalue weighted by Crippen LogP contribution is -2.30. The van der Waals surface area contributed by atoms with Gasteiger partial charge in [-0.3, -0.25) is 4.79 Å². The van der Waals surface area contributed by atoms with Gasteiger partial charge in [0, 0.05) is 23.1 Å². The zero-order valence-electron chi connectivity index (χ0n) is 22.2. The maximum Gasteiger partial charge on any atom is 0.304 e. The van der Waals surface area contributed by atoms with Crippen LogP contribution in [-0.2, 0) is 21.1 Å². The first-order valence-corrected chi connectivity index (χ1v) is 15.4. The van der Waals surface area contributed by atoms with Crippen molar-refractivity contribution in [3.8, 4) is 28.4 Å². The van der Waals surface area contributed by atoms with Gasteiger partial charge in [-0.05, 0) is 73.1 Å². The van der Waals surface area contributed by atoms with Crippen molar-refractivity contribution in [2.24, 2.45) is 0 Å². The van der Waals surface area contributed by atoms with E-state index < -0.39 is 21.9 Å². The molecule has 0 unspecified atom stereocenters. The van der Waals surface area contributed by atoms with Crippen LogP contribution in [-0.4, -0.2) is 43.7 Å². The molecule has 40 heavy (non-hydrogen) atoms. The van der Waals surface area contributed by atoms with E-state index in [1.807, 2.05) is 37.3 Å². The number of aliphatic carboxylic acids is 1. The summed E-state index contributed by atoms with van der Waals surface area (Å²) in [5.41, 5.74) is 5.13. The summed E-state index contributed by atoms with van der Waals surface area (Å²) in [6, 6.07) is 14.5. The molecule has 0 radical (unpaired) electrons. The molecule has 2 aliphatic heterocycles. The Labute approximate surface area is 232 Å². The van der Waals surface area contributed by atoms with E-state index in [1.165, 1.54) is 6.07 Å². The average Bonchev–Trinajstić information content (AvgIpc) is 3.51. The van der Waals surface area contributed by atoms with Crippen molar-refractivity contribution in [3.63, 3.8) is 0 Å². The Balaban J connectivity index is 1.24. The Kier molecular flexibility index (Phi) is 6.94. The monoisotopic (exact) mass is 566 g/mol. The molecule has 0 spiro atoms. The predicted molar refractivity (Wildman–Crippen MR) is 147 cm³/mol. The van der Waals surface area contributed by atoms with Gasteiger partial charge in [-0.2, -0.15) is 0 Å². The molecular weight excluding hydrogens is 535 g/mol. The minimum atomic E-state index is -2.97. The highest BCUT2D eigenvalue weighted by atomic mass is 32.2. The van der Waals surface area contributed by atoms with Gasteiger partial charge in [0.15, 0.2) is 9.84 Å². The summed E-state index contributed by atoms with van der Waals surface area (Å²) >= 11 is 0. The van der Waals surface area contributed by atoms with Gasteiger partial charge >= 0.3 is 5.97 Å². The topological polar surface area (TPSA) is 99.1 Å². The number of sulfone groups is 1. The molecule has 2 atom stereocenters. The van der Waals surface area contributed by atoms with Gasteiger partial charge in [-0.15, -0.1) is 0 Å². The molecule has 3 aromatic rings. The smallest absolute Gasteiger partial charge is 0.304 e. The molecule has 210 valence electrons. The molecule has 0 aromatic heterocycles. The lowest BCUT2D eigenvalue weighted by molar-refractivity contribution is -0.137. The number of ether oxygens (including phenoxy) is 3. The summed E-state index contributed by atoms with van der Waals surface area (Å²) < 4.78 is 57.1. The molecule has 0 saturated carbocycles. The van der Waals surface area contributed by atoms with Crippen molar-refractivity contribution >= 4 is 15.8 Å². The van der Waals surface area contributed by atoms with Crippen LogP contribution in [0, 0.1) is 12.7 Å². The Bertz CT molecular complexity index is 1570. The molecule has 0 bridgehead atoms. The first kappa shape index (κ1) is 26.6. The molecule has 1 saturated heterocycles. The van der Waals surface area contributed by atoms with Crippen LogP contribution in [0.25, 0.3) is 11.1 Å². The fourth-order valence-electron chi connectivity index (χ4n) is 6.12. The van der Waals surface area contributed by atoms with Crippen LogP contribution in [0.1, 0.15) is 60.0 Å². The normalized spacial score (nSPS) is 21.4. The highest BCUT2D eigenvalue weighted by molar-refractivity contribution is 7.91. The number of carbonyl (C=O) groups is 1. The largest absolute Gasteiger partial charge is 0.492 e. The molecule has 7 nitrogen and oxygen atoms in total. The SMILES string of the molecule is Cc1c(OC2CCS(=O)(=O)CC2)cccc1-c1ccc(F)c2c1CC[C@H]2Oc1ccc2c(c1)OC[C@H]2CC(=O)O. The van der Waals surface area contributed by atoms with Gasteiger partial charge in [-0.1, -0.05) is 24.3 Å². The molecular formula is C31H31FO7S. The number of rotatable bonds is 7. The lowest BCUT2D eigenvalue weighted by Gasteiger charge is -2.25. The quantitative estimate of drug-likeness (QED) is 0.387. The van der Waals surface area contributed by atoms with Crippen molar-refractivity contribution in [2.75, 3.05) is 18.1 Å². The van der Waals surface area contributed by atoms with Crippen molar-refractivity contribution in [1.29, 1.82) is 0 Å². The Morgan fingerprint density at radius 3 is 2.62 bits per heavy atom. The second-order valence-corrected chi connectivity index (χ2v) is 13.1. The Morgan fingerprint density at radius 1 is 1.05 bits per heavy atom. The highest BCUT2D eigenvalue weighted by Crippen LogP contribution is 2.45. The zero-order chi connectivity index (χ0) is 28.0. The van der Waals surface area contributed by atoms with Gasteiger partial charge in [-0.25, -0.2) is 12.8 Å². The van der Waals surface area contributed by atoms with Gasteiger partial charge in [0.05, 0.1) is 24.5 Å². The molecule has 3 aliphatic rings. The van der Waals surface area contributed by atoms with E-state index in [0.717, 1.165) is 27.8 Å². The number of carboxylic acid groups (broad SMARTS) is 1. The first-order chi connectivity index (χ1) is 19.2. The van der Waals surface area contributed by atoms with Crippen LogP contribution in [0.4, 0.5) is 4.39 Å². The summed E-state index contributed by atoms with van der Waals surface area (Å²) in [7, 11) is -2.97. The van der Waals surface area contributed by atoms with Crippen LogP contribution in [0.2, 0.25) is 0 Å². The predicted octanol–water partition coefficient (Wildman–Crippen LogP) is 5.77. The second-order valence-electron chi connectivity index (χ2n) is 10.8. The molecule has 1 aliphatic carbocycles. The highest BCUT2D eigenvalue weighted by Gasteiger charge is 2.32. The van der Waals surface area contributed by atoms with Crippen LogP contribution in [0.5, 0.6) is 17.2 Å². The minimum absolute atomic E-state index is 0.00537. The lowest BCUT2D eigenvalue weighted by atomic mass is 9.93. The van der Waals surface area contributed by atoms with E-state index >= 15 is 4.39 Å². The fraction of sp³-hybridized carbons (Fsp3) is 0.387. The molecule has 6 rings (SSSR count). The third kappa shape index (κ3) is 5.14. The molecule has 0 amide bonds. The van der Waals surface area contributed by atoms with Crippen LogP contribution in [0.3, 0.4) is 0 Å². The second kappa shape index (κ2) is 10.4. The average molecular weight is 567 g/mol. The van der Waals surface area contributed by atoms with Crippen LogP contribution >= 0.6 is 0 Å². The molecule has 2 heterocycles. The van der Waals surface area contributed by atoms with Crippen molar-refractivity contribution in [2.45, 2.75) is 57.2 Å². The van der Waals surface area contributed by atoms with E-state index in [9.17, 15) is 13.2 Å². The number of carboxylic acids is 1. The van der Waals surface area contributed by atoms with Crippen molar-refractivity contribution in [1.82, 2.24) is 0 Å². The van der Waals surface area contributed by atoms with E-state index in [-0.39, 0.29) is 35.8 Å². The molecule has 9 heteroatoms. The van der Waals surface area contributed by atoms with Crippen molar-refractivity contribution < 1.29 is 36.9 Å². The maximum atomic E-state index is 15.2. The number of benzene rings is 3. The fourth-order valence-corrected chi connectivity index (χ4v) is 7.57. The Hall–Kier alpha value is -3.59. The Morgan fingerprint density at radius 2 is 1.85 bits per heavy atom. The summed E-state index contributed by atoms with van der Waals surface area (Å²) in [6.45, 7) is 2.29. The first-order valence-electron chi connectivity index (χ1n) is 13.6. The van der Waals surface area contributed by atoms with Crippen LogP contribution < -0.4 is 14.2 Å². The van der Waals surface area contributed by atoms with E-state index in [0.29, 0.717) is 55.1 Å². The summed E-state index contributed by atoms with van der Waals surface area (Å²) in [5.74, 6) is 0.789. The third-order valence-electron chi connectivity index (χ3n) is 8.22. The number of halogens is 1. The van der Waals surface area contributed by atoms with Crippen molar-refractivity contribution in [3.05, 3.63) is 76.6 Å². The zero-order valence-corrected chi connectivity index (χ0v) is 23.0. The maximum absolute atomic E-state index is 15.2. The minimum Gasteiger partial charge on any atom is -0.492 e. The molecule has 3 aromatic carbocycles.